The van der Waals surface area contributed by atoms with Gasteiger partial charge in [0.15, 0.2) is 18.2 Å². The van der Waals surface area contributed by atoms with Crippen LogP contribution in [-0.2, 0) is 11.3 Å². The van der Waals surface area contributed by atoms with E-state index in [1.54, 1.807) is 18.2 Å². The second-order valence-electron chi connectivity index (χ2n) is 4.38. The predicted molar refractivity (Wildman–Crippen MR) is 80.2 cm³/mol. The molecule has 0 atom stereocenters. The largest absolute Gasteiger partial charge is 0.481 e. The zero-order chi connectivity index (χ0) is 16.1. The summed E-state index contributed by atoms with van der Waals surface area (Å²) in [6, 6.07) is 7.75. The van der Waals surface area contributed by atoms with Crippen LogP contribution in [0.1, 0.15) is 5.56 Å². The van der Waals surface area contributed by atoms with E-state index in [1.165, 1.54) is 0 Å². The Balaban J connectivity index is 1.85. The Labute approximate surface area is 135 Å². The van der Waals surface area contributed by atoms with E-state index in [0.717, 1.165) is 12.1 Å². The van der Waals surface area contributed by atoms with Crippen molar-refractivity contribution < 1.29 is 18.3 Å². The number of carbonyl (C=O) groups is 1. The number of hydrogen-bond donors (Lipinski definition) is 1. The molecule has 2 rings (SSSR count). The third-order valence-corrected chi connectivity index (χ3v) is 3.33. The summed E-state index contributed by atoms with van der Waals surface area (Å²) in [6.07, 6.45) is 0. The van der Waals surface area contributed by atoms with E-state index in [1.807, 2.05) is 0 Å². The van der Waals surface area contributed by atoms with Crippen molar-refractivity contribution in [3.8, 4) is 5.75 Å². The van der Waals surface area contributed by atoms with E-state index >= 15 is 0 Å². The number of ether oxygens (including phenoxy) is 1. The number of rotatable bonds is 5. The fourth-order valence-electron chi connectivity index (χ4n) is 1.65. The third kappa shape index (κ3) is 4.58. The first-order valence-electron chi connectivity index (χ1n) is 6.24. The second kappa shape index (κ2) is 7.42. The Hall–Kier alpha value is -1.85. The summed E-state index contributed by atoms with van der Waals surface area (Å²) in [6.45, 7) is -0.210. The van der Waals surface area contributed by atoms with E-state index in [4.69, 9.17) is 27.9 Å². The standard InChI is InChI=1S/C15H11Cl2F2NO2/c16-10-2-1-9(12(17)5-10)7-20-15(21)8-22-14-4-3-11(18)6-13(14)19/h1-6H,7-8H2,(H,20,21). The van der Waals surface area contributed by atoms with Crippen LogP contribution in [-0.4, -0.2) is 12.5 Å². The van der Waals surface area contributed by atoms with Crippen LogP contribution in [0.25, 0.3) is 0 Å². The molecule has 22 heavy (non-hydrogen) atoms. The van der Waals surface area contributed by atoms with Crippen LogP contribution >= 0.6 is 23.2 Å². The number of benzene rings is 2. The lowest BCUT2D eigenvalue weighted by Gasteiger charge is -2.09. The van der Waals surface area contributed by atoms with Crippen molar-refractivity contribution in [2.45, 2.75) is 6.54 Å². The minimum absolute atomic E-state index is 0.185. The highest BCUT2D eigenvalue weighted by Gasteiger charge is 2.09. The summed E-state index contributed by atoms with van der Waals surface area (Å²) in [5.74, 6) is -2.24. The molecule has 2 aromatic carbocycles. The summed E-state index contributed by atoms with van der Waals surface area (Å²) in [4.78, 5) is 11.6. The molecule has 0 aromatic heterocycles. The molecule has 0 unspecified atom stereocenters. The Morgan fingerprint density at radius 3 is 2.59 bits per heavy atom. The zero-order valence-corrected chi connectivity index (χ0v) is 12.7. The van der Waals surface area contributed by atoms with Gasteiger partial charge in [-0.05, 0) is 29.8 Å². The van der Waals surface area contributed by atoms with Crippen molar-refractivity contribution in [1.82, 2.24) is 5.32 Å². The highest BCUT2D eigenvalue weighted by atomic mass is 35.5. The molecule has 7 heteroatoms. The molecule has 2 aromatic rings. The molecule has 1 N–H and O–H groups in total. The fourth-order valence-corrected chi connectivity index (χ4v) is 2.12. The summed E-state index contributed by atoms with van der Waals surface area (Å²) in [7, 11) is 0. The lowest BCUT2D eigenvalue weighted by atomic mass is 10.2. The average molecular weight is 346 g/mol. The van der Waals surface area contributed by atoms with Crippen LogP contribution in [0.5, 0.6) is 5.75 Å². The van der Waals surface area contributed by atoms with Crippen LogP contribution in [0, 0.1) is 11.6 Å². The first-order valence-corrected chi connectivity index (χ1v) is 7.00. The number of amides is 1. The van der Waals surface area contributed by atoms with E-state index in [9.17, 15) is 13.6 Å². The summed E-state index contributed by atoms with van der Waals surface area (Å²) >= 11 is 11.7. The molecule has 0 spiro atoms. The van der Waals surface area contributed by atoms with Crippen molar-refractivity contribution in [2.75, 3.05) is 6.61 Å². The van der Waals surface area contributed by atoms with E-state index in [0.29, 0.717) is 21.7 Å². The smallest absolute Gasteiger partial charge is 0.258 e. The quantitative estimate of drug-likeness (QED) is 0.890. The maximum absolute atomic E-state index is 13.3. The van der Waals surface area contributed by atoms with Gasteiger partial charge in [-0.3, -0.25) is 4.79 Å². The van der Waals surface area contributed by atoms with Crippen LogP contribution in [0.3, 0.4) is 0 Å². The van der Waals surface area contributed by atoms with Gasteiger partial charge < -0.3 is 10.1 Å². The monoisotopic (exact) mass is 345 g/mol. The molecule has 116 valence electrons. The molecule has 1 amide bonds. The van der Waals surface area contributed by atoms with Gasteiger partial charge in [-0.25, -0.2) is 8.78 Å². The van der Waals surface area contributed by atoms with E-state index < -0.39 is 24.1 Å². The molecular weight excluding hydrogens is 335 g/mol. The predicted octanol–water partition coefficient (Wildman–Crippen LogP) is 3.97. The minimum Gasteiger partial charge on any atom is -0.481 e. The van der Waals surface area contributed by atoms with Gasteiger partial charge in [0.2, 0.25) is 0 Å². The molecule has 0 saturated carbocycles. The van der Waals surface area contributed by atoms with Crippen molar-refractivity contribution in [3.63, 3.8) is 0 Å². The highest BCUT2D eigenvalue weighted by molar-refractivity contribution is 6.35. The van der Waals surface area contributed by atoms with E-state index in [-0.39, 0.29) is 12.3 Å². The van der Waals surface area contributed by atoms with Crippen LogP contribution < -0.4 is 10.1 Å². The van der Waals surface area contributed by atoms with Crippen molar-refractivity contribution >= 4 is 29.1 Å². The normalized spacial score (nSPS) is 10.4. The molecule has 3 nitrogen and oxygen atoms in total. The van der Waals surface area contributed by atoms with Gasteiger partial charge in [-0.1, -0.05) is 29.3 Å². The maximum Gasteiger partial charge on any atom is 0.258 e. The first kappa shape index (κ1) is 16.5. The van der Waals surface area contributed by atoms with Gasteiger partial charge in [0.1, 0.15) is 5.82 Å². The number of carbonyl (C=O) groups excluding carboxylic acids is 1. The molecule has 0 radical (unpaired) electrons. The lowest BCUT2D eigenvalue weighted by Crippen LogP contribution is -2.28. The first-order chi connectivity index (χ1) is 10.5. The topological polar surface area (TPSA) is 38.3 Å². The summed E-state index contributed by atoms with van der Waals surface area (Å²) in [5.41, 5.74) is 0.687. The summed E-state index contributed by atoms with van der Waals surface area (Å²) < 4.78 is 31.0. The molecule has 0 saturated heterocycles. The second-order valence-corrected chi connectivity index (χ2v) is 5.22. The maximum atomic E-state index is 13.3. The zero-order valence-electron chi connectivity index (χ0n) is 11.2. The SMILES string of the molecule is O=C(COc1ccc(F)cc1F)NCc1ccc(Cl)cc1Cl. The summed E-state index contributed by atoms with van der Waals surface area (Å²) in [5, 5.41) is 3.50. The Bertz CT molecular complexity index is 638. The van der Waals surface area contributed by atoms with Crippen molar-refractivity contribution in [2.24, 2.45) is 0 Å². The van der Waals surface area contributed by atoms with Crippen LogP contribution in [0.2, 0.25) is 10.0 Å². The third-order valence-electron chi connectivity index (χ3n) is 2.74. The molecular formula is C15H11Cl2F2NO2. The number of hydrogen-bond acceptors (Lipinski definition) is 2. The highest BCUT2D eigenvalue weighted by Crippen LogP contribution is 2.21. The Morgan fingerprint density at radius 1 is 1.14 bits per heavy atom. The van der Waals surface area contributed by atoms with Gasteiger partial charge in [-0.2, -0.15) is 0 Å². The molecule has 0 aliphatic rings. The molecule has 0 aliphatic heterocycles. The van der Waals surface area contributed by atoms with Gasteiger partial charge in [0, 0.05) is 22.7 Å². The van der Waals surface area contributed by atoms with Crippen molar-refractivity contribution in [1.29, 1.82) is 0 Å². The van der Waals surface area contributed by atoms with E-state index in [2.05, 4.69) is 5.32 Å². The Kier molecular flexibility index (Phi) is 5.57. The minimum atomic E-state index is -0.867. The fraction of sp³-hybridized carbons (Fsp3) is 0.133. The average Bonchev–Trinajstić information content (AvgIpc) is 2.45. The van der Waals surface area contributed by atoms with Gasteiger partial charge in [-0.15, -0.1) is 0 Å². The van der Waals surface area contributed by atoms with Gasteiger partial charge >= 0.3 is 0 Å². The van der Waals surface area contributed by atoms with Crippen LogP contribution in [0.4, 0.5) is 8.78 Å². The molecule has 0 bridgehead atoms. The molecule has 0 aliphatic carbocycles. The van der Waals surface area contributed by atoms with Crippen molar-refractivity contribution in [3.05, 3.63) is 63.6 Å². The molecule has 0 heterocycles. The number of halogens is 4. The van der Waals surface area contributed by atoms with Gasteiger partial charge in [0.05, 0.1) is 0 Å². The Morgan fingerprint density at radius 2 is 1.91 bits per heavy atom. The molecule has 0 fully saturated rings. The lowest BCUT2D eigenvalue weighted by molar-refractivity contribution is -0.123. The number of nitrogens with one attached hydrogen (secondary N) is 1. The van der Waals surface area contributed by atoms with Gasteiger partial charge in [0.25, 0.3) is 5.91 Å². The van der Waals surface area contributed by atoms with Crippen LogP contribution in [0.15, 0.2) is 36.4 Å².